The van der Waals surface area contributed by atoms with Gasteiger partial charge in [0.05, 0.1) is 10.2 Å². The van der Waals surface area contributed by atoms with Gasteiger partial charge < -0.3 is 57.1 Å². The zero-order chi connectivity index (χ0) is 48.5. The lowest BCUT2D eigenvalue weighted by Gasteiger charge is -2.30. The molecule has 2 aliphatic heterocycles. The number of anilines is 1. The Labute approximate surface area is 397 Å². The van der Waals surface area contributed by atoms with Crippen LogP contribution in [-0.4, -0.2) is 148 Å². The third-order valence-electron chi connectivity index (χ3n) is 11.1. The van der Waals surface area contributed by atoms with Gasteiger partial charge in [-0.15, -0.1) is 23.1 Å². The van der Waals surface area contributed by atoms with Gasteiger partial charge in [-0.2, -0.15) is 0 Å². The molecular weight excluding hydrogens is 905 g/mol. The van der Waals surface area contributed by atoms with Crippen LogP contribution in [0.3, 0.4) is 0 Å². The Morgan fingerprint density at radius 3 is 2.33 bits per heavy atom. The maximum atomic E-state index is 14.3. The molecule has 5 atom stereocenters. The van der Waals surface area contributed by atoms with Crippen LogP contribution in [0.5, 0.6) is 0 Å². The number of primary amides is 1. The van der Waals surface area contributed by atoms with Crippen LogP contribution in [0.4, 0.5) is 10.5 Å². The number of fused-ring (bicyclic) bond motifs is 1. The number of rotatable bonds is 25. The Bertz CT molecular complexity index is 2230. The van der Waals surface area contributed by atoms with Crippen LogP contribution >= 0.6 is 23.1 Å². The fraction of sp³-hybridized carbons (Fsp3) is 0.533. The van der Waals surface area contributed by atoms with Crippen molar-refractivity contribution in [2.75, 3.05) is 44.8 Å². The van der Waals surface area contributed by atoms with Crippen LogP contribution in [0.2, 0.25) is 0 Å². The average Bonchev–Trinajstić information content (AvgIpc) is 4.08. The Morgan fingerprint density at radius 1 is 0.910 bits per heavy atom. The van der Waals surface area contributed by atoms with Crippen molar-refractivity contribution in [2.45, 2.75) is 114 Å². The summed E-state index contributed by atoms with van der Waals surface area (Å²) in [6.07, 6.45) is 0.609. The molecule has 0 unspecified atom stereocenters. The molecule has 364 valence electrons. The van der Waals surface area contributed by atoms with Gasteiger partial charge >= 0.3 is 6.09 Å². The monoisotopic (exact) mass is 966 g/mol. The number of carbonyl (C=O) groups excluding carboxylic acids is 7. The summed E-state index contributed by atoms with van der Waals surface area (Å²) in [5, 5.41) is 34.3. The molecule has 0 saturated carbocycles. The van der Waals surface area contributed by atoms with Crippen LogP contribution in [0.1, 0.15) is 81.7 Å². The van der Waals surface area contributed by atoms with E-state index in [1.807, 2.05) is 25.1 Å². The van der Waals surface area contributed by atoms with Gasteiger partial charge in [0, 0.05) is 37.9 Å². The van der Waals surface area contributed by atoms with E-state index >= 15 is 0 Å². The molecule has 0 bridgehead atoms. The van der Waals surface area contributed by atoms with E-state index in [0.717, 1.165) is 16.8 Å². The topological polar surface area (TPSA) is 287 Å². The molecule has 0 aliphatic carbocycles. The second-order valence-electron chi connectivity index (χ2n) is 16.8. The fourth-order valence-corrected chi connectivity index (χ4v) is 9.68. The summed E-state index contributed by atoms with van der Waals surface area (Å²) in [5.41, 5.74) is 7.24. The number of alkyl carbamates (subject to hydrolysis) is 1. The minimum Gasteiger partial charge on any atom is -0.445 e. The van der Waals surface area contributed by atoms with Gasteiger partial charge in [-0.25, -0.2) is 9.78 Å². The number of aliphatic imine (C=N–C) groups is 1. The number of hydrogen-bond donors (Lipinski definition) is 8. The van der Waals surface area contributed by atoms with Crippen LogP contribution in [-0.2, 0) is 40.1 Å². The number of thioether (sulfide) groups is 1. The maximum Gasteiger partial charge on any atom is 0.408 e. The first-order chi connectivity index (χ1) is 32.1. The summed E-state index contributed by atoms with van der Waals surface area (Å²) in [4.78, 5) is 105. The number of thiazole rings is 1. The number of carbonyl (C=O) groups is 7. The molecule has 1 aromatic heterocycles. The number of unbranched alkanes of at least 4 members (excludes halogenated alkanes) is 2. The number of nitrogens with zero attached hydrogens (tertiary/aromatic N) is 4. The number of aliphatic hydroxyl groups excluding tert-OH is 1. The number of nitrogens with two attached hydrogens (primary N) is 1. The van der Waals surface area contributed by atoms with Crippen LogP contribution < -0.4 is 32.3 Å². The minimum absolute atomic E-state index is 0.0591. The van der Waals surface area contributed by atoms with Gasteiger partial charge in [0.25, 0.3) is 0 Å². The zero-order valence-electron chi connectivity index (χ0n) is 38.0. The predicted octanol–water partition coefficient (Wildman–Crippen LogP) is 1.97. The van der Waals surface area contributed by atoms with Crippen molar-refractivity contribution in [1.29, 1.82) is 0 Å². The van der Waals surface area contributed by atoms with Gasteiger partial charge in [0.2, 0.25) is 35.4 Å². The highest BCUT2D eigenvalue weighted by molar-refractivity contribution is 8.15. The molecule has 67 heavy (non-hydrogen) atoms. The smallest absolute Gasteiger partial charge is 0.408 e. The molecule has 7 amide bonds. The Morgan fingerprint density at radius 2 is 1.64 bits per heavy atom. The molecule has 1 fully saturated rings. The highest BCUT2D eigenvalue weighted by Crippen LogP contribution is 2.32. The number of aliphatic hydroxyl groups is 2. The Balaban J connectivity index is 1.30. The lowest BCUT2D eigenvalue weighted by Crippen LogP contribution is -2.57. The molecule has 3 heterocycles. The number of ether oxygens (including phenoxy) is 1. The van der Waals surface area contributed by atoms with E-state index < -0.39 is 72.1 Å². The first-order valence-electron chi connectivity index (χ1n) is 22.4. The van der Waals surface area contributed by atoms with Crippen molar-refractivity contribution in [3.63, 3.8) is 0 Å². The molecule has 2 aromatic carbocycles. The first kappa shape index (κ1) is 52.3. The lowest BCUT2D eigenvalue weighted by molar-refractivity contribution is -0.141. The number of hydrogen-bond acceptors (Lipinski definition) is 15. The zero-order valence-corrected chi connectivity index (χ0v) is 39.7. The van der Waals surface area contributed by atoms with E-state index in [-0.39, 0.29) is 51.2 Å². The predicted molar refractivity (Wildman–Crippen MR) is 255 cm³/mol. The summed E-state index contributed by atoms with van der Waals surface area (Å²) < 4.78 is 6.08. The second-order valence-corrected chi connectivity index (χ2v) is 18.8. The van der Waals surface area contributed by atoms with E-state index in [2.05, 4.69) is 36.6 Å². The Hall–Kier alpha value is -5.68. The normalized spacial score (nSPS) is 17.1. The molecule has 9 N–H and O–H groups in total. The van der Waals surface area contributed by atoms with Gasteiger partial charge in [-0.1, -0.05) is 30.3 Å². The van der Waals surface area contributed by atoms with E-state index in [4.69, 9.17) is 10.5 Å². The van der Waals surface area contributed by atoms with E-state index in [0.29, 0.717) is 65.7 Å². The SMILES string of the molecule is CC(=O)NCCCC[C@H](NC(=O)[C@H](CCCCN(C)C)NC(=O)[C@@H]1CCCN1C(=O)[C@H](CCC(N)=O)NC(=O)OCc1ccccc1)C(=O)Nc1ccc2nc(C3=N[C@@H](C(O)O)CS3)sc2c1. The van der Waals surface area contributed by atoms with Crippen LogP contribution in [0.25, 0.3) is 10.2 Å². The molecule has 20 nitrogen and oxygen atoms in total. The number of nitrogens with one attached hydrogen (secondary N) is 5. The van der Waals surface area contributed by atoms with E-state index in [1.165, 1.54) is 34.9 Å². The van der Waals surface area contributed by atoms with Gasteiger partial charge in [-0.3, -0.25) is 33.8 Å². The van der Waals surface area contributed by atoms with Gasteiger partial charge in [0.1, 0.15) is 46.9 Å². The number of amides is 7. The van der Waals surface area contributed by atoms with Crippen molar-refractivity contribution in [3.05, 3.63) is 59.1 Å². The molecule has 0 spiro atoms. The van der Waals surface area contributed by atoms with Crippen LogP contribution in [0.15, 0.2) is 53.5 Å². The van der Waals surface area contributed by atoms with E-state index in [1.54, 1.807) is 42.5 Å². The molecule has 1 saturated heterocycles. The molecule has 5 rings (SSSR count). The second kappa shape index (κ2) is 26.0. The quantitative estimate of drug-likeness (QED) is 0.0446. The summed E-state index contributed by atoms with van der Waals surface area (Å²) in [7, 11) is 3.85. The largest absolute Gasteiger partial charge is 0.445 e. The van der Waals surface area contributed by atoms with Crippen molar-refractivity contribution >= 4 is 85.6 Å². The number of likely N-dealkylation sites (tertiary alicyclic amines) is 1. The first-order valence-corrected chi connectivity index (χ1v) is 24.2. The van der Waals surface area contributed by atoms with Gasteiger partial charge in [-0.05, 0) is 102 Å². The molecule has 22 heteroatoms. The summed E-state index contributed by atoms with van der Waals surface area (Å²) in [6.45, 7) is 2.63. The fourth-order valence-electron chi connectivity index (χ4n) is 7.53. The summed E-state index contributed by atoms with van der Waals surface area (Å²) in [6, 6.07) is 9.12. The van der Waals surface area contributed by atoms with Gasteiger partial charge in [0.15, 0.2) is 6.29 Å². The average molecular weight is 967 g/mol. The summed E-state index contributed by atoms with van der Waals surface area (Å²) >= 11 is 2.72. The van der Waals surface area contributed by atoms with Crippen molar-refractivity contribution < 1.29 is 48.5 Å². The molecule has 3 aromatic rings. The number of benzene rings is 2. The van der Waals surface area contributed by atoms with E-state index in [9.17, 15) is 43.8 Å². The van der Waals surface area contributed by atoms with Crippen molar-refractivity contribution in [2.24, 2.45) is 10.7 Å². The third kappa shape index (κ3) is 16.6. The van der Waals surface area contributed by atoms with Crippen molar-refractivity contribution in [1.82, 2.24) is 36.1 Å². The standard InChI is InChI=1S/C45H62N10O10S2/c1-27(56)47-21-9-7-14-31(38(58)48-29-17-18-30-36(24-29)67-42(51-30)41-52-34(26-66-41)44(62)63)49-39(59)32(15-8-10-22-54(2)3)50-40(60)35-16-11-23-55(35)43(61)33(19-20-37(46)57)53-45(64)65-25-28-12-5-4-6-13-28/h4-6,12-13,17-18,24,31-35,44,62-63H,7-11,14-16,19-23,25-26H2,1-3H3,(H2,46,57)(H,47,56)(H,48,58)(H,49,59)(H,50,60)(H,53,64)/t31-,32-,33-,34+,35-/m0/s1. The lowest BCUT2D eigenvalue weighted by atomic mass is 10.0. The molecule has 0 radical (unpaired) electrons. The van der Waals surface area contributed by atoms with Crippen molar-refractivity contribution in [3.8, 4) is 0 Å². The number of aromatic nitrogens is 1. The third-order valence-corrected chi connectivity index (χ3v) is 13.3. The highest BCUT2D eigenvalue weighted by Gasteiger charge is 2.39. The molecule has 2 aliphatic rings. The maximum absolute atomic E-state index is 14.3. The Kier molecular flexibility index (Phi) is 20.3. The van der Waals surface area contributed by atoms with Crippen LogP contribution in [0, 0.1) is 0 Å². The molecular formula is C45H62N10O10S2. The highest BCUT2D eigenvalue weighted by atomic mass is 32.2. The summed E-state index contributed by atoms with van der Waals surface area (Å²) in [5.74, 6) is -2.75. The minimum atomic E-state index is -1.57.